The van der Waals surface area contributed by atoms with E-state index in [2.05, 4.69) is 4.98 Å². The summed E-state index contributed by atoms with van der Waals surface area (Å²) in [6.45, 7) is 2.98. The molecule has 0 saturated carbocycles. The molecule has 4 nitrogen and oxygen atoms in total. The summed E-state index contributed by atoms with van der Waals surface area (Å²) in [6.07, 6.45) is 1.93. The molecule has 0 radical (unpaired) electrons. The highest BCUT2D eigenvalue weighted by atomic mass is 32.1. The predicted molar refractivity (Wildman–Crippen MR) is 53.4 cm³/mol. The number of aliphatic hydroxyl groups is 1. The summed E-state index contributed by atoms with van der Waals surface area (Å²) in [4.78, 5) is 18.2. The Morgan fingerprint density at radius 2 is 2.57 bits per heavy atom. The number of amides is 1. The lowest BCUT2D eigenvalue weighted by Gasteiger charge is -2.13. The third-order valence-electron chi connectivity index (χ3n) is 2.28. The molecule has 1 aliphatic heterocycles. The third-order valence-corrected chi connectivity index (χ3v) is 3.18. The molecule has 14 heavy (non-hydrogen) atoms. The molecule has 1 N–H and O–H groups in total. The Morgan fingerprint density at radius 3 is 3.07 bits per heavy atom. The summed E-state index contributed by atoms with van der Waals surface area (Å²) in [5.41, 5.74) is 0. The highest BCUT2D eigenvalue weighted by Gasteiger charge is 2.26. The summed E-state index contributed by atoms with van der Waals surface area (Å²) < 4.78 is 0. The smallest absolute Gasteiger partial charge is 0.265 e. The fraction of sp³-hybridized carbons (Fsp3) is 0.556. The van der Waals surface area contributed by atoms with E-state index >= 15 is 0 Å². The molecule has 0 bridgehead atoms. The lowest BCUT2D eigenvalue weighted by molar-refractivity contribution is 0.0769. The zero-order chi connectivity index (χ0) is 10.1. The zero-order valence-electron chi connectivity index (χ0n) is 7.93. The maximum atomic E-state index is 11.8. The number of β-amino-alcohol motifs (C(OH)–C–C–N with tert-alkyl or cyclic N) is 1. The van der Waals surface area contributed by atoms with Crippen LogP contribution in [0.3, 0.4) is 0 Å². The summed E-state index contributed by atoms with van der Waals surface area (Å²) in [7, 11) is 0. The van der Waals surface area contributed by atoms with Gasteiger partial charge in [-0.15, -0.1) is 11.3 Å². The molecule has 0 aromatic carbocycles. The molecule has 1 aromatic heterocycles. The van der Waals surface area contributed by atoms with Gasteiger partial charge in [-0.05, 0) is 13.3 Å². The normalized spacial score (nSPS) is 21.6. The van der Waals surface area contributed by atoms with Crippen LogP contribution < -0.4 is 0 Å². The predicted octanol–water partition coefficient (Wildman–Crippen LogP) is 0.658. The van der Waals surface area contributed by atoms with Crippen molar-refractivity contribution in [2.45, 2.75) is 19.4 Å². The summed E-state index contributed by atoms with van der Waals surface area (Å²) in [5, 5.41) is 10.2. The van der Waals surface area contributed by atoms with E-state index < -0.39 is 0 Å². The zero-order valence-corrected chi connectivity index (χ0v) is 8.75. The molecular formula is C9H12N2O2S. The molecule has 1 aliphatic rings. The van der Waals surface area contributed by atoms with Crippen molar-refractivity contribution < 1.29 is 9.90 Å². The number of rotatable bonds is 1. The van der Waals surface area contributed by atoms with Crippen LogP contribution in [-0.4, -0.2) is 40.1 Å². The Hall–Kier alpha value is -0.940. The van der Waals surface area contributed by atoms with Gasteiger partial charge in [-0.1, -0.05) is 0 Å². The Balaban J connectivity index is 2.09. The van der Waals surface area contributed by atoms with Crippen LogP contribution in [0.5, 0.6) is 0 Å². The average Bonchev–Trinajstić information content (AvgIpc) is 2.73. The first kappa shape index (κ1) is 9.61. The minimum atomic E-state index is -0.354. The Labute approximate surface area is 86.2 Å². The minimum absolute atomic E-state index is 0.00727. The first-order valence-corrected chi connectivity index (χ1v) is 5.38. The van der Waals surface area contributed by atoms with Gasteiger partial charge < -0.3 is 10.0 Å². The number of likely N-dealkylation sites (tertiary alicyclic amines) is 1. The number of carbonyl (C=O) groups is 1. The molecular weight excluding hydrogens is 200 g/mol. The number of carbonyl (C=O) groups excluding carboxylic acids is 1. The molecule has 1 atom stereocenters. The van der Waals surface area contributed by atoms with Crippen LogP contribution in [0.4, 0.5) is 0 Å². The SMILES string of the molecule is Cc1ncc(C(=O)N2CC[C@H](O)C2)s1. The van der Waals surface area contributed by atoms with Crippen LogP contribution in [0.2, 0.25) is 0 Å². The topological polar surface area (TPSA) is 53.4 Å². The molecule has 0 aliphatic carbocycles. The first-order chi connectivity index (χ1) is 6.66. The van der Waals surface area contributed by atoms with Crippen molar-refractivity contribution >= 4 is 17.2 Å². The number of aryl methyl sites for hydroxylation is 1. The van der Waals surface area contributed by atoms with E-state index in [4.69, 9.17) is 0 Å². The van der Waals surface area contributed by atoms with E-state index in [1.54, 1.807) is 11.1 Å². The Kier molecular flexibility index (Phi) is 2.52. The van der Waals surface area contributed by atoms with Crippen LogP contribution in [0.1, 0.15) is 21.1 Å². The van der Waals surface area contributed by atoms with Gasteiger partial charge in [0.05, 0.1) is 17.3 Å². The summed E-state index contributed by atoms with van der Waals surface area (Å²) >= 11 is 1.40. The van der Waals surface area contributed by atoms with Crippen LogP contribution in [0.15, 0.2) is 6.20 Å². The summed E-state index contributed by atoms with van der Waals surface area (Å²) in [5.74, 6) is -0.00727. The lowest BCUT2D eigenvalue weighted by atomic mass is 10.3. The Bertz CT molecular complexity index is 350. The number of hydrogen-bond donors (Lipinski definition) is 1. The maximum Gasteiger partial charge on any atom is 0.265 e. The first-order valence-electron chi connectivity index (χ1n) is 4.56. The van der Waals surface area contributed by atoms with Gasteiger partial charge in [0.1, 0.15) is 4.88 Å². The second-order valence-corrected chi connectivity index (χ2v) is 4.67. The van der Waals surface area contributed by atoms with Gasteiger partial charge in [-0.25, -0.2) is 4.98 Å². The second-order valence-electron chi connectivity index (χ2n) is 3.44. The maximum absolute atomic E-state index is 11.8. The highest BCUT2D eigenvalue weighted by molar-refractivity contribution is 7.13. The average molecular weight is 212 g/mol. The standard InChI is InChI=1S/C9H12N2O2S/c1-6-10-4-8(14-6)9(13)11-3-2-7(12)5-11/h4,7,12H,2-3,5H2,1H3/t7-/m0/s1. The lowest BCUT2D eigenvalue weighted by Crippen LogP contribution is -2.28. The largest absolute Gasteiger partial charge is 0.391 e. The molecule has 5 heteroatoms. The minimum Gasteiger partial charge on any atom is -0.391 e. The fourth-order valence-corrected chi connectivity index (χ4v) is 2.29. The van der Waals surface area contributed by atoms with Crippen LogP contribution in [-0.2, 0) is 0 Å². The van der Waals surface area contributed by atoms with Crippen LogP contribution in [0, 0.1) is 6.92 Å². The van der Waals surface area contributed by atoms with E-state index in [-0.39, 0.29) is 12.0 Å². The fourth-order valence-electron chi connectivity index (χ4n) is 1.54. The van der Waals surface area contributed by atoms with E-state index in [0.29, 0.717) is 24.4 Å². The third kappa shape index (κ3) is 1.78. The molecule has 1 amide bonds. The molecule has 0 spiro atoms. The van der Waals surface area contributed by atoms with Gasteiger partial charge >= 0.3 is 0 Å². The van der Waals surface area contributed by atoms with Gasteiger partial charge in [0.15, 0.2) is 0 Å². The number of aliphatic hydroxyl groups excluding tert-OH is 1. The second kappa shape index (κ2) is 3.67. The van der Waals surface area contributed by atoms with Crippen molar-refractivity contribution in [2.24, 2.45) is 0 Å². The Morgan fingerprint density at radius 1 is 1.79 bits per heavy atom. The van der Waals surface area contributed by atoms with Gasteiger partial charge in [-0.3, -0.25) is 4.79 Å². The van der Waals surface area contributed by atoms with Crippen molar-refractivity contribution in [3.8, 4) is 0 Å². The quantitative estimate of drug-likeness (QED) is 0.744. The van der Waals surface area contributed by atoms with Crippen molar-refractivity contribution in [1.29, 1.82) is 0 Å². The van der Waals surface area contributed by atoms with Crippen LogP contribution in [0.25, 0.3) is 0 Å². The van der Waals surface area contributed by atoms with Gasteiger partial charge in [0.25, 0.3) is 5.91 Å². The molecule has 76 valence electrons. The molecule has 0 unspecified atom stereocenters. The molecule has 2 heterocycles. The van der Waals surface area contributed by atoms with Crippen molar-refractivity contribution in [2.75, 3.05) is 13.1 Å². The number of thiazole rings is 1. The van der Waals surface area contributed by atoms with E-state index in [0.717, 1.165) is 5.01 Å². The van der Waals surface area contributed by atoms with Crippen molar-refractivity contribution in [1.82, 2.24) is 9.88 Å². The van der Waals surface area contributed by atoms with E-state index in [1.165, 1.54) is 11.3 Å². The molecule has 2 rings (SSSR count). The monoisotopic (exact) mass is 212 g/mol. The molecule has 1 fully saturated rings. The van der Waals surface area contributed by atoms with Crippen LogP contribution >= 0.6 is 11.3 Å². The molecule has 1 saturated heterocycles. The van der Waals surface area contributed by atoms with Crippen molar-refractivity contribution in [3.63, 3.8) is 0 Å². The van der Waals surface area contributed by atoms with Crippen molar-refractivity contribution in [3.05, 3.63) is 16.1 Å². The van der Waals surface area contributed by atoms with E-state index in [1.807, 2.05) is 6.92 Å². The van der Waals surface area contributed by atoms with Gasteiger partial charge in [0, 0.05) is 13.1 Å². The summed E-state index contributed by atoms with van der Waals surface area (Å²) in [6, 6.07) is 0. The molecule has 1 aromatic rings. The van der Waals surface area contributed by atoms with Gasteiger partial charge in [-0.2, -0.15) is 0 Å². The highest BCUT2D eigenvalue weighted by Crippen LogP contribution is 2.17. The van der Waals surface area contributed by atoms with Gasteiger partial charge in [0.2, 0.25) is 0 Å². The number of hydrogen-bond acceptors (Lipinski definition) is 4. The van der Waals surface area contributed by atoms with E-state index in [9.17, 15) is 9.90 Å². The number of aromatic nitrogens is 1. The number of nitrogens with zero attached hydrogens (tertiary/aromatic N) is 2.